The number of hydrogen-bond acceptors (Lipinski definition) is 3. The molecular formula is C12H14F4N2O. The highest BCUT2D eigenvalue weighted by molar-refractivity contribution is 5.47. The number of rotatable bonds is 6. The van der Waals surface area contributed by atoms with Gasteiger partial charge in [-0.1, -0.05) is 0 Å². The van der Waals surface area contributed by atoms with Crippen LogP contribution in [0.5, 0.6) is 0 Å². The maximum atomic E-state index is 13.4. The van der Waals surface area contributed by atoms with Crippen LogP contribution in [0.4, 0.5) is 23.2 Å². The maximum absolute atomic E-state index is 13.4. The first kappa shape index (κ1) is 14.0. The first-order valence-electron chi connectivity index (χ1n) is 5.99. The summed E-state index contributed by atoms with van der Waals surface area (Å²) in [6.07, 6.45) is 2.28. The van der Waals surface area contributed by atoms with Gasteiger partial charge in [-0.25, -0.2) is 0 Å². The van der Waals surface area contributed by atoms with Crippen LogP contribution >= 0.6 is 0 Å². The normalized spacial score (nSPS) is 14.8. The van der Waals surface area contributed by atoms with Crippen LogP contribution in [0.2, 0.25) is 0 Å². The van der Waals surface area contributed by atoms with Crippen LogP contribution in [0.25, 0.3) is 0 Å². The molecule has 1 aromatic rings. The summed E-state index contributed by atoms with van der Waals surface area (Å²) in [6.45, 7) is 0.971. The Morgan fingerprint density at radius 1 is 1.16 bits per heavy atom. The van der Waals surface area contributed by atoms with Gasteiger partial charge in [-0.2, -0.15) is 22.5 Å². The molecule has 1 heterocycles. The van der Waals surface area contributed by atoms with Gasteiger partial charge in [-0.15, -0.1) is 0 Å². The Morgan fingerprint density at radius 2 is 1.74 bits per heavy atom. The van der Waals surface area contributed by atoms with E-state index in [2.05, 4.69) is 4.98 Å². The van der Waals surface area contributed by atoms with Gasteiger partial charge in [0.05, 0.1) is 6.61 Å². The molecular weight excluding hydrogens is 264 g/mol. The fraction of sp³-hybridized carbons (Fsp3) is 0.583. The summed E-state index contributed by atoms with van der Waals surface area (Å²) in [5.74, 6) is -5.72. The lowest BCUT2D eigenvalue weighted by Gasteiger charge is -2.20. The number of nitrogens with zero attached hydrogens (tertiary/aromatic N) is 2. The second-order valence-electron chi connectivity index (χ2n) is 4.61. The second-order valence-corrected chi connectivity index (χ2v) is 4.61. The van der Waals surface area contributed by atoms with E-state index in [0.717, 1.165) is 17.7 Å². The van der Waals surface area contributed by atoms with Gasteiger partial charge in [0, 0.05) is 20.2 Å². The van der Waals surface area contributed by atoms with E-state index in [1.807, 2.05) is 0 Å². The first-order chi connectivity index (χ1) is 9.00. The molecule has 0 saturated heterocycles. The summed E-state index contributed by atoms with van der Waals surface area (Å²) in [6, 6.07) is 0. The van der Waals surface area contributed by atoms with Crippen molar-refractivity contribution in [2.45, 2.75) is 12.8 Å². The SMILES string of the molecule is CN(CCOCC1CC1)c1c(F)c(F)nc(F)c1F. The molecule has 1 aliphatic carbocycles. The smallest absolute Gasteiger partial charge is 0.253 e. The molecule has 2 rings (SSSR count). The van der Waals surface area contributed by atoms with E-state index < -0.39 is 29.2 Å². The summed E-state index contributed by atoms with van der Waals surface area (Å²) in [7, 11) is 1.33. The Balaban J connectivity index is 1.98. The van der Waals surface area contributed by atoms with Gasteiger partial charge in [-0.05, 0) is 18.8 Å². The molecule has 0 aliphatic heterocycles. The van der Waals surface area contributed by atoms with E-state index >= 15 is 0 Å². The zero-order valence-corrected chi connectivity index (χ0v) is 10.4. The summed E-state index contributed by atoms with van der Waals surface area (Å²) >= 11 is 0. The molecule has 1 aliphatic rings. The molecule has 1 aromatic heterocycles. The predicted molar refractivity (Wildman–Crippen MR) is 60.9 cm³/mol. The standard InChI is InChI=1S/C12H14F4N2O/c1-18(4-5-19-6-7-2-3-7)10-8(13)11(15)17-12(16)9(10)14/h7H,2-6H2,1H3. The summed E-state index contributed by atoms with van der Waals surface area (Å²) in [4.78, 5) is 3.58. The summed E-state index contributed by atoms with van der Waals surface area (Å²) in [5.41, 5.74) is -0.764. The number of anilines is 1. The largest absolute Gasteiger partial charge is 0.379 e. The maximum Gasteiger partial charge on any atom is 0.253 e. The van der Waals surface area contributed by atoms with Crippen LogP contribution in [-0.2, 0) is 4.74 Å². The third kappa shape index (κ3) is 3.34. The van der Waals surface area contributed by atoms with Crippen molar-refractivity contribution < 1.29 is 22.3 Å². The number of likely N-dealkylation sites (N-methyl/N-ethyl adjacent to an activating group) is 1. The number of aromatic nitrogens is 1. The van der Waals surface area contributed by atoms with Crippen molar-refractivity contribution in [1.82, 2.24) is 4.98 Å². The van der Waals surface area contributed by atoms with Crippen LogP contribution < -0.4 is 4.90 Å². The van der Waals surface area contributed by atoms with Crippen molar-refractivity contribution in [2.75, 3.05) is 31.7 Å². The molecule has 0 amide bonds. The van der Waals surface area contributed by atoms with Crippen LogP contribution in [0.15, 0.2) is 0 Å². The van der Waals surface area contributed by atoms with Gasteiger partial charge in [0.1, 0.15) is 5.69 Å². The van der Waals surface area contributed by atoms with Crippen LogP contribution in [0.3, 0.4) is 0 Å². The molecule has 19 heavy (non-hydrogen) atoms. The monoisotopic (exact) mass is 278 g/mol. The quantitative estimate of drug-likeness (QED) is 0.454. The van der Waals surface area contributed by atoms with Gasteiger partial charge in [0.2, 0.25) is 11.6 Å². The lowest BCUT2D eigenvalue weighted by Crippen LogP contribution is -2.26. The van der Waals surface area contributed by atoms with E-state index in [0.29, 0.717) is 12.5 Å². The zero-order chi connectivity index (χ0) is 14.0. The molecule has 7 heteroatoms. The highest BCUT2D eigenvalue weighted by Gasteiger charge is 2.24. The molecule has 0 bridgehead atoms. The second kappa shape index (κ2) is 5.73. The minimum absolute atomic E-state index is 0.128. The third-order valence-corrected chi connectivity index (χ3v) is 2.98. The van der Waals surface area contributed by atoms with Crippen molar-refractivity contribution >= 4 is 5.69 Å². The van der Waals surface area contributed by atoms with Gasteiger partial charge in [-0.3, -0.25) is 0 Å². The lowest BCUT2D eigenvalue weighted by atomic mass is 10.3. The topological polar surface area (TPSA) is 25.4 Å². The van der Waals surface area contributed by atoms with Crippen molar-refractivity contribution in [1.29, 1.82) is 0 Å². The van der Waals surface area contributed by atoms with Crippen molar-refractivity contribution in [3.05, 3.63) is 23.5 Å². The summed E-state index contributed by atoms with van der Waals surface area (Å²) < 4.78 is 58.0. The number of pyridine rings is 1. The highest BCUT2D eigenvalue weighted by atomic mass is 19.2. The summed E-state index contributed by atoms with van der Waals surface area (Å²) in [5, 5.41) is 0. The molecule has 0 aromatic carbocycles. The fourth-order valence-corrected chi connectivity index (χ4v) is 1.66. The zero-order valence-electron chi connectivity index (χ0n) is 10.4. The van der Waals surface area contributed by atoms with E-state index in [1.165, 1.54) is 7.05 Å². The van der Waals surface area contributed by atoms with Gasteiger partial charge >= 0.3 is 0 Å². The molecule has 0 N–H and O–H groups in total. The van der Waals surface area contributed by atoms with E-state index in [1.54, 1.807) is 0 Å². The molecule has 0 atom stereocenters. The van der Waals surface area contributed by atoms with E-state index in [4.69, 9.17) is 4.74 Å². The average Bonchev–Trinajstić information content (AvgIpc) is 3.16. The molecule has 0 radical (unpaired) electrons. The van der Waals surface area contributed by atoms with Gasteiger partial charge in [0.25, 0.3) is 11.9 Å². The lowest BCUT2D eigenvalue weighted by molar-refractivity contribution is 0.130. The molecule has 3 nitrogen and oxygen atoms in total. The van der Waals surface area contributed by atoms with Gasteiger partial charge < -0.3 is 9.64 Å². The Bertz CT molecular complexity index is 439. The minimum Gasteiger partial charge on any atom is -0.379 e. The molecule has 106 valence electrons. The first-order valence-corrected chi connectivity index (χ1v) is 5.99. The Kier molecular flexibility index (Phi) is 4.24. The van der Waals surface area contributed by atoms with Crippen molar-refractivity contribution in [3.63, 3.8) is 0 Å². The van der Waals surface area contributed by atoms with Gasteiger partial charge in [0.15, 0.2) is 0 Å². The van der Waals surface area contributed by atoms with Crippen LogP contribution in [0.1, 0.15) is 12.8 Å². The molecule has 1 saturated carbocycles. The van der Waals surface area contributed by atoms with Crippen LogP contribution in [-0.4, -0.2) is 31.8 Å². The number of hydrogen-bond donors (Lipinski definition) is 0. The Labute approximate surface area is 108 Å². The average molecular weight is 278 g/mol. The number of halogens is 4. The highest BCUT2D eigenvalue weighted by Crippen LogP contribution is 2.29. The van der Waals surface area contributed by atoms with Crippen LogP contribution in [0, 0.1) is 29.4 Å². The fourth-order valence-electron chi connectivity index (χ4n) is 1.66. The Hall–Kier alpha value is -1.37. The predicted octanol–water partition coefficient (Wildman–Crippen LogP) is 2.50. The van der Waals surface area contributed by atoms with E-state index in [9.17, 15) is 17.6 Å². The molecule has 0 unspecified atom stereocenters. The minimum atomic E-state index is -1.65. The van der Waals surface area contributed by atoms with E-state index in [-0.39, 0.29) is 13.2 Å². The molecule has 0 spiro atoms. The van der Waals surface area contributed by atoms with Crippen molar-refractivity contribution in [2.24, 2.45) is 5.92 Å². The Morgan fingerprint density at radius 3 is 2.26 bits per heavy atom. The number of ether oxygens (including phenoxy) is 1. The van der Waals surface area contributed by atoms with Crippen molar-refractivity contribution in [3.8, 4) is 0 Å². The molecule has 1 fully saturated rings. The third-order valence-electron chi connectivity index (χ3n) is 2.98.